The molecule has 0 saturated heterocycles. The summed E-state index contributed by atoms with van der Waals surface area (Å²) in [5.74, 6) is 0. The number of alkyl carbamates (subject to hydrolysis) is 1. The maximum Gasteiger partial charge on any atom is 0.408 e. The van der Waals surface area contributed by atoms with Crippen molar-refractivity contribution in [3.05, 3.63) is 29.8 Å². The fourth-order valence-corrected chi connectivity index (χ4v) is 1.66. The van der Waals surface area contributed by atoms with Crippen molar-refractivity contribution in [3.8, 4) is 0 Å². The minimum atomic E-state index is -0.480. The van der Waals surface area contributed by atoms with E-state index in [-0.39, 0.29) is 6.04 Å². The number of ether oxygens (including phenoxy) is 1. The van der Waals surface area contributed by atoms with Crippen LogP contribution in [0.3, 0.4) is 0 Å². The van der Waals surface area contributed by atoms with Crippen LogP contribution in [0.5, 0.6) is 0 Å². The molecule has 1 amide bonds. The summed E-state index contributed by atoms with van der Waals surface area (Å²) in [4.78, 5) is 11.7. The smallest absolute Gasteiger partial charge is 0.408 e. The Labute approximate surface area is 109 Å². The lowest BCUT2D eigenvalue weighted by atomic mass is 10.1. The number of rotatable bonds is 3. The zero-order chi connectivity index (χ0) is 13.8. The molecule has 0 fully saturated rings. The molecule has 100 valence electrons. The highest BCUT2D eigenvalue weighted by atomic mass is 16.6. The molecule has 0 aromatic heterocycles. The van der Waals surface area contributed by atoms with Crippen molar-refractivity contribution in [1.82, 2.24) is 5.32 Å². The molecular formula is C14H22N2O2. The van der Waals surface area contributed by atoms with E-state index in [1.807, 2.05) is 59.0 Å². The van der Waals surface area contributed by atoms with Gasteiger partial charge in [-0.05, 0) is 39.3 Å². The number of anilines is 1. The molecule has 0 aliphatic heterocycles. The highest BCUT2D eigenvalue weighted by Crippen LogP contribution is 2.22. The van der Waals surface area contributed by atoms with Gasteiger partial charge in [0.25, 0.3) is 0 Å². The number of nitrogens with one attached hydrogen (secondary N) is 2. The van der Waals surface area contributed by atoms with Gasteiger partial charge in [0.1, 0.15) is 5.60 Å². The van der Waals surface area contributed by atoms with Gasteiger partial charge in [0.05, 0.1) is 6.04 Å². The van der Waals surface area contributed by atoms with Gasteiger partial charge in [0.2, 0.25) is 0 Å². The number of amides is 1. The number of para-hydroxylation sites is 1. The Balaban J connectivity index is 2.70. The van der Waals surface area contributed by atoms with Gasteiger partial charge in [0, 0.05) is 12.7 Å². The Hall–Kier alpha value is -1.71. The second-order valence-corrected chi connectivity index (χ2v) is 5.21. The first-order valence-corrected chi connectivity index (χ1v) is 6.09. The molecular weight excluding hydrogens is 228 g/mol. The summed E-state index contributed by atoms with van der Waals surface area (Å²) in [5, 5.41) is 5.93. The first-order valence-electron chi connectivity index (χ1n) is 6.09. The van der Waals surface area contributed by atoms with Crippen LogP contribution in [0.1, 0.15) is 39.3 Å². The molecule has 4 heteroatoms. The van der Waals surface area contributed by atoms with Crippen molar-refractivity contribution < 1.29 is 9.53 Å². The van der Waals surface area contributed by atoms with Crippen LogP contribution >= 0.6 is 0 Å². The second kappa shape index (κ2) is 5.76. The van der Waals surface area contributed by atoms with Crippen LogP contribution < -0.4 is 10.6 Å². The molecule has 0 heterocycles. The zero-order valence-corrected chi connectivity index (χ0v) is 11.7. The number of hydrogen-bond donors (Lipinski definition) is 2. The van der Waals surface area contributed by atoms with Gasteiger partial charge in [-0.15, -0.1) is 0 Å². The highest BCUT2D eigenvalue weighted by Gasteiger charge is 2.19. The molecule has 1 aromatic carbocycles. The Kier molecular flexibility index (Phi) is 4.59. The van der Waals surface area contributed by atoms with E-state index in [0.29, 0.717) is 0 Å². The van der Waals surface area contributed by atoms with E-state index in [1.54, 1.807) is 0 Å². The summed E-state index contributed by atoms with van der Waals surface area (Å²) in [6, 6.07) is 7.75. The predicted octanol–water partition coefficient (Wildman–Crippen LogP) is 3.31. The van der Waals surface area contributed by atoms with Crippen LogP contribution in [-0.4, -0.2) is 18.7 Å². The van der Waals surface area contributed by atoms with Crippen LogP contribution in [0.25, 0.3) is 0 Å². The quantitative estimate of drug-likeness (QED) is 0.865. The molecule has 0 bridgehead atoms. The van der Waals surface area contributed by atoms with Crippen molar-refractivity contribution in [2.75, 3.05) is 12.4 Å². The lowest BCUT2D eigenvalue weighted by Crippen LogP contribution is -2.34. The van der Waals surface area contributed by atoms with Gasteiger partial charge in [-0.1, -0.05) is 18.2 Å². The molecule has 1 unspecified atom stereocenters. The second-order valence-electron chi connectivity index (χ2n) is 5.21. The summed E-state index contributed by atoms with van der Waals surface area (Å²) in [6.07, 6.45) is -0.402. The van der Waals surface area contributed by atoms with E-state index >= 15 is 0 Å². The van der Waals surface area contributed by atoms with Crippen molar-refractivity contribution in [2.24, 2.45) is 0 Å². The molecule has 0 aliphatic rings. The van der Waals surface area contributed by atoms with Gasteiger partial charge in [-0.25, -0.2) is 4.79 Å². The number of carbonyl (C=O) groups excluding carboxylic acids is 1. The molecule has 0 aliphatic carbocycles. The maximum absolute atomic E-state index is 11.7. The maximum atomic E-state index is 11.7. The van der Waals surface area contributed by atoms with Gasteiger partial charge >= 0.3 is 6.09 Å². The van der Waals surface area contributed by atoms with Crippen LogP contribution in [0.2, 0.25) is 0 Å². The molecule has 2 N–H and O–H groups in total. The topological polar surface area (TPSA) is 50.4 Å². The average Bonchev–Trinajstić information content (AvgIpc) is 2.26. The molecule has 0 spiro atoms. The normalized spacial score (nSPS) is 12.7. The Morgan fingerprint density at radius 1 is 1.28 bits per heavy atom. The third-order valence-electron chi connectivity index (χ3n) is 2.43. The van der Waals surface area contributed by atoms with E-state index in [0.717, 1.165) is 11.3 Å². The molecule has 1 rings (SSSR count). The minimum absolute atomic E-state index is 0.108. The fourth-order valence-electron chi connectivity index (χ4n) is 1.66. The summed E-state index contributed by atoms with van der Waals surface area (Å²) in [7, 11) is 1.86. The first-order chi connectivity index (χ1) is 8.33. The van der Waals surface area contributed by atoms with Gasteiger partial charge in [-0.2, -0.15) is 0 Å². The van der Waals surface area contributed by atoms with Crippen LogP contribution in [0.15, 0.2) is 24.3 Å². The van der Waals surface area contributed by atoms with Gasteiger partial charge in [0.15, 0.2) is 0 Å². The van der Waals surface area contributed by atoms with Gasteiger partial charge in [-0.3, -0.25) is 0 Å². The molecule has 1 aromatic rings. The third-order valence-corrected chi connectivity index (χ3v) is 2.43. The molecule has 18 heavy (non-hydrogen) atoms. The fraction of sp³-hybridized carbons (Fsp3) is 0.500. The predicted molar refractivity (Wildman–Crippen MR) is 73.8 cm³/mol. The van der Waals surface area contributed by atoms with E-state index in [2.05, 4.69) is 10.6 Å². The SMILES string of the molecule is CNc1ccccc1C(C)NC(=O)OC(C)(C)C. The summed E-state index contributed by atoms with van der Waals surface area (Å²) in [6.45, 7) is 7.47. The van der Waals surface area contributed by atoms with E-state index in [1.165, 1.54) is 0 Å². The van der Waals surface area contributed by atoms with Crippen molar-refractivity contribution in [1.29, 1.82) is 0 Å². The summed E-state index contributed by atoms with van der Waals surface area (Å²) >= 11 is 0. The van der Waals surface area contributed by atoms with Crippen molar-refractivity contribution in [3.63, 3.8) is 0 Å². The molecule has 1 atom stereocenters. The third kappa shape index (κ3) is 4.28. The lowest BCUT2D eigenvalue weighted by molar-refractivity contribution is 0.0508. The van der Waals surface area contributed by atoms with Crippen molar-refractivity contribution >= 4 is 11.8 Å². The highest BCUT2D eigenvalue weighted by molar-refractivity contribution is 5.69. The first kappa shape index (κ1) is 14.4. The van der Waals surface area contributed by atoms with Gasteiger partial charge < -0.3 is 15.4 Å². The lowest BCUT2D eigenvalue weighted by Gasteiger charge is -2.23. The monoisotopic (exact) mass is 250 g/mol. The van der Waals surface area contributed by atoms with E-state index < -0.39 is 11.7 Å². The van der Waals surface area contributed by atoms with Crippen LogP contribution in [0.4, 0.5) is 10.5 Å². The summed E-state index contributed by atoms with van der Waals surface area (Å²) in [5.41, 5.74) is 1.55. The molecule has 0 saturated carbocycles. The van der Waals surface area contributed by atoms with E-state index in [9.17, 15) is 4.79 Å². The van der Waals surface area contributed by atoms with Crippen molar-refractivity contribution in [2.45, 2.75) is 39.3 Å². The zero-order valence-electron chi connectivity index (χ0n) is 11.7. The van der Waals surface area contributed by atoms with Crippen LogP contribution in [-0.2, 0) is 4.74 Å². The van der Waals surface area contributed by atoms with Crippen LogP contribution in [0, 0.1) is 0 Å². The Bertz CT molecular complexity index is 411. The minimum Gasteiger partial charge on any atom is -0.444 e. The molecule has 0 radical (unpaired) electrons. The number of benzene rings is 1. The summed E-state index contributed by atoms with van der Waals surface area (Å²) < 4.78 is 5.23. The Morgan fingerprint density at radius 3 is 2.44 bits per heavy atom. The largest absolute Gasteiger partial charge is 0.444 e. The standard InChI is InChI=1S/C14H22N2O2/c1-10(16-13(17)18-14(2,3)4)11-8-6-7-9-12(11)15-5/h6-10,15H,1-5H3,(H,16,17). The Morgan fingerprint density at radius 2 is 1.89 bits per heavy atom. The number of carbonyl (C=O) groups is 1. The average molecular weight is 250 g/mol. The molecule has 4 nitrogen and oxygen atoms in total. The van der Waals surface area contributed by atoms with E-state index in [4.69, 9.17) is 4.74 Å². The number of hydrogen-bond acceptors (Lipinski definition) is 3.